The van der Waals surface area contributed by atoms with Gasteiger partial charge in [0.25, 0.3) is 0 Å². The van der Waals surface area contributed by atoms with Crippen LogP contribution in [0.4, 0.5) is 0 Å². The van der Waals surface area contributed by atoms with Crippen molar-refractivity contribution in [1.29, 1.82) is 0 Å². The molecule has 2 unspecified atom stereocenters. The average Bonchev–Trinajstić information content (AvgIpc) is 2.46. The number of likely N-dealkylation sites (N-methyl/N-ethyl adjacent to an activating group) is 1. The third-order valence-electron chi connectivity index (χ3n) is 5.47. The van der Waals surface area contributed by atoms with Gasteiger partial charge in [-0.25, -0.2) is 0 Å². The first-order chi connectivity index (χ1) is 9.92. The van der Waals surface area contributed by atoms with Crippen molar-refractivity contribution in [1.82, 2.24) is 14.7 Å². The Hall–Kier alpha value is -0.160. The van der Waals surface area contributed by atoms with Crippen molar-refractivity contribution >= 4 is 0 Å². The molecule has 2 aliphatic heterocycles. The van der Waals surface area contributed by atoms with Crippen LogP contribution in [0.15, 0.2) is 0 Å². The van der Waals surface area contributed by atoms with E-state index in [2.05, 4.69) is 49.4 Å². The van der Waals surface area contributed by atoms with Gasteiger partial charge in [0.15, 0.2) is 0 Å². The number of hydrogen-bond acceptors (Lipinski definition) is 4. The molecule has 2 aliphatic rings. The summed E-state index contributed by atoms with van der Waals surface area (Å²) in [6.07, 6.45) is 2.76. The Morgan fingerprint density at radius 1 is 1.14 bits per heavy atom. The van der Waals surface area contributed by atoms with Crippen molar-refractivity contribution in [2.45, 2.75) is 58.2 Å². The maximum absolute atomic E-state index is 6.07. The van der Waals surface area contributed by atoms with Crippen LogP contribution >= 0.6 is 0 Å². The molecule has 0 N–H and O–H groups in total. The number of nitrogens with zero attached hydrogens (tertiary/aromatic N) is 3. The quantitative estimate of drug-likeness (QED) is 0.771. The van der Waals surface area contributed by atoms with Crippen molar-refractivity contribution in [3.8, 4) is 0 Å². The topological polar surface area (TPSA) is 19.0 Å². The van der Waals surface area contributed by atoms with Crippen molar-refractivity contribution in [3.05, 3.63) is 0 Å². The molecule has 2 heterocycles. The van der Waals surface area contributed by atoms with Gasteiger partial charge in [-0.05, 0) is 40.7 Å². The summed E-state index contributed by atoms with van der Waals surface area (Å²) < 4.78 is 6.07. The molecule has 0 radical (unpaired) electrons. The molecular weight excluding hydrogens is 262 g/mol. The predicted molar refractivity (Wildman–Crippen MR) is 88.8 cm³/mol. The fraction of sp³-hybridized carbons (Fsp3) is 1.00. The highest BCUT2D eigenvalue weighted by Gasteiger charge is 2.34. The van der Waals surface area contributed by atoms with Crippen LogP contribution in [-0.2, 0) is 4.74 Å². The van der Waals surface area contributed by atoms with Crippen LogP contribution in [0, 0.1) is 0 Å². The molecule has 0 bridgehead atoms. The van der Waals surface area contributed by atoms with Crippen LogP contribution in [0.2, 0.25) is 0 Å². The molecule has 2 fully saturated rings. The monoisotopic (exact) mass is 297 g/mol. The molecule has 0 spiro atoms. The van der Waals surface area contributed by atoms with E-state index in [0.29, 0.717) is 12.1 Å². The summed E-state index contributed by atoms with van der Waals surface area (Å²) in [5.74, 6) is 0. The molecule has 4 heteroatoms. The summed E-state index contributed by atoms with van der Waals surface area (Å²) >= 11 is 0. The second-order valence-corrected chi connectivity index (χ2v) is 7.55. The summed E-state index contributed by atoms with van der Waals surface area (Å²) in [4.78, 5) is 7.68. The minimum atomic E-state index is 0.240. The summed E-state index contributed by atoms with van der Waals surface area (Å²) in [6.45, 7) is 17.3. The van der Waals surface area contributed by atoms with E-state index in [9.17, 15) is 0 Å². The smallest absolute Gasteiger partial charge is 0.0720 e. The molecular formula is C17H35N3O. The molecule has 2 atom stereocenters. The number of hydrogen-bond donors (Lipinski definition) is 0. The van der Waals surface area contributed by atoms with E-state index in [1.165, 1.54) is 32.6 Å². The third-order valence-corrected chi connectivity index (χ3v) is 5.47. The first-order valence-corrected chi connectivity index (χ1v) is 8.71. The van der Waals surface area contributed by atoms with Crippen LogP contribution in [0.25, 0.3) is 0 Å². The SMILES string of the molecule is CCC(C)N1CCOC(CC(C)(C)N2CCN(C)CC2)C1. The maximum atomic E-state index is 6.07. The van der Waals surface area contributed by atoms with E-state index < -0.39 is 0 Å². The molecule has 2 saturated heterocycles. The van der Waals surface area contributed by atoms with Gasteiger partial charge in [-0.2, -0.15) is 0 Å². The number of rotatable bonds is 5. The van der Waals surface area contributed by atoms with E-state index in [0.717, 1.165) is 26.1 Å². The summed E-state index contributed by atoms with van der Waals surface area (Å²) in [7, 11) is 2.22. The van der Waals surface area contributed by atoms with Gasteiger partial charge in [-0.3, -0.25) is 9.80 Å². The highest BCUT2D eigenvalue weighted by Crippen LogP contribution is 2.25. The van der Waals surface area contributed by atoms with Crippen LogP contribution in [0.1, 0.15) is 40.5 Å². The molecule has 0 aliphatic carbocycles. The van der Waals surface area contributed by atoms with Crippen molar-refractivity contribution < 1.29 is 4.74 Å². The number of piperazine rings is 1. The highest BCUT2D eigenvalue weighted by molar-refractivity contribution is 4.89. The van der Waals surface area contributed by atoms with Gasteiger partial charge in [-0.1, -0.05) is 6.92 Å². The van der Waals surface area contributed by atoms with E-state index in [-0.39, 0.29) is 5.54 Å². The Labute approximate surface area is 131 Å². The lowest BCUT2D eigenvalue weighted by molar-refractivity contribution is -0.0694. The molecule has 0 amide bonds. The zero-order valence-electron chi connectivity index (χ0n) is 14.8. The lowest BCUT2D eigenvalue weighted by Gasteiger charge is -2.46. The summed E-state index contributed by atoms with van der Waals surface area (Å²) in [5.41, 5.74) is 0.240. The number of morpholine rings is 1. The molecule has 0 aromatic carbocycles. The highest BCUT2D eigenvalue weighted by atomic mass is 16.5. The van der Waals surface area contributed by atoms with Crippen LogP contribution in [-0.4, -0.2) is 85.3 Å². The molecule has 4 nitrogen and oxygen atoms in total. The van der Waals surface area contributed by atoms with E-state index in [1.54, 1.807) is 0 Å². The first-order valence-electron chi connectivity index (χ1n) is 8.71. The van der Waals surface area contributed by atoms with Crippen LogP contribution in [0.3, 0.4) is 0 Å². The standard InChI is InChI=1S/C17H35N3O/c1-6-15(2)19-11-12-21-16(14-19)13-17(3,4)20-9-7-18(5)8-10-20/h15-16H,6-14H2,1-5H3. The van der Waals surface area contributed by atoms with Gasteiger partial charge in [0.1, 0.15) is 0 Å². The van der Waals surface area contributed by atoms with Gasteiger partial charge in [0.05, 0.1) is 12.7 Å². The zero-order chi connectivity index (χ0) is 15.5. The molecule has 2 rings (SSSR count). The Morgan fingerprint density at radius 2 is 1.81 bits per heavy atom. The lowest BCUT2D eigenvalue weighted by Crippen LogP contribution is -2.56. The van der Waals surface area contributed by atoms with Crippen molar-refractivity contribution in [2.75, 3.05) is 52.9 Å². The maximum Gasteiger partial charge on any atom is 0.0720 e. The minimum absolute atomic E-state index is 0.240. The predicted octanol–water partition coefficient (Wildman–Crippen LogP) is 1.90. The van der Waals surface area contributed by atoms with Gasteiger partial charge in [0.2, 0.25) is 0 Å². The minimum Gasteiger partial charge on any atom is -0.375 e. The van der Waals surface area contributed by atoms with Gasteiger partial charge < -0.3 is 9.64 Å². The van der Waals surface area contributed by atoms with Crippen LogP contribution in [0.5, 0.6) is 0 Å². The Bertz CT molecular complexity index is 313. The van der Waals surface area contributed by atoms with Gasteiger partial charge >= 0.3 is 0 Å². The van der Waals surface area contributed by atoms with E-state index in [4.69, 9.17) is 4.74 Å². The van der Waals surface area contributed by atoms with Gasteiger partial charge in [0, 0.05) is 50.8 Å². The van der Waals surface area contributed by atoms with Crippen molar-refractivity contribution in [2.24, 2.45) is 0 Å². The largest absolute Gasteiger partial charge is 0.375 e. The lowest BCUT2D eigenvalue weighted by atomic mass is 9.92. The van der Waals surface area contributed by atoms with E-state index in [1.807, 2.05) is 0 Å². The van der Waals surface area contributed by atoms with Gasteiger partial charge in [-0.15, -0.1) is 0 Å². The third kappa shape index (κ3) is 4.65. The summed E-state index contributed by atoms with van der Waals surface area (Å²) in [6, 6.07) is 0.683. The fourth-order valence-electron chi connectivity index (χ4n) is 3.62. The second-order valence-electron chi connectivity index (χ2n) is 7.55. The van der Waals surface area contributed by atoms with Crippen molar-refractivity contribution in [3.63, 3.8) is 0 Å². The molecule has 0 aromatic heterocycles. The Morgan fingerprint density at radius 3 is 2.43 bits per heavy atom. The zero-order valence-corrected chi connectivity index (χ0v) is 14.8. The second kappa shape index (κ2) is 7.40. The molecule has 124 valence electrons. The normalized spacial score (nSPS) is 28.7. The molecule has 21 heavy (non-hydrogen) atoms. The molecule has 0 saturated carbocycles. The molecule has 0 aromatic rings. The van der Waals surface area contributed by atoms with Crippen LogP contribution < -0.4 is 0 Å². The fourth-order valence-corrected chi connectivity index (χ4v) is 3.62. The first kappa shape index (κ1) is 17.2. The Kier molecular flexibility index (Phi) is 6.06. The Balaban J connectivity index is 1.87. The number of ether oxygens (including phenoxy) is 1. The van der Waals surface area contributed by atoms with E-state index >= 15 is 0 Å². The summed E-state index contributed by atoms with van der Waals surface area (Å²) in [5, 5.41) is 0. The average molecular weight is 297 g/mol.